The summed E-state index contributed by atoms with van der Waals surface area (Å²) in [5.74, 6) is 6.29. The fourth-order valence-corrected chi connectivity index (χ4v) is 3.16. The first-order chi connectivity index (χ1) is 12.4. The van der Waals surface area contributed by atoms with Crippen LogP contribution in [0.5, 0.6) is 5.75 Å². The average molecular weight is 349 g/mol. The first kappa shape index (κ1) is 21.8. The Morgan fingerprint density at radius 2 is 1.28 bits per heavy atom. The van der Waals surface area contributed by atoms with E-state index in [0.717, 1.165) is 24.5 Å². The van der Waals surface area contributed by atoms with E-state index >= 15 is 0 Å². The van der Waals surface area contributed by atoms with Gasteiger partial charge >= 0.3 is 0 Å². The maximum atomic E-state index is 5.76. The summed E-state index contributed by atoms with van der Waals surface area (Å²) in [6.07, 6.45) is 19.4. The number of benzene rings is 1. The number of nitrogen functional groups attached to an aromatic ring is 1. The summed E-state index contributed by atoms with van der Waals surface area (Å²) in [5, 5.41) is 0. The van der Waals surface area contributed by atoms with Gasteiger partial charge in [-0.3, -0.25) is 5.84 Å². The van der Waals surface area contributed by atoms with Gasteiger partial charge in [-0.1, -0.05) is 96.5 Å². The summed E-state index contributed by atoms with van der Waals surface area (Å²) in [6, 6.07) is 7.80. The number of rotatable bonds is 17. The third kappa shape index (κ3) is 12.7. The molecule has 0 saturated heterocycles. The van der Waals surface area contributed by atoms with Crippen molar-refractivity contribution in [2.24, 2.45) is 5.84 Å². The summed E-state index contributed by atoms with van der Waals surface area (Å²) < 4.78 is 5.76. The first-order valence-corrected chi connectivity index (χ1v) is 10.6. The largest absolute Gasteiger partial charge is 0.494 e. The van der Waals surface area contributed by atoms with E-state index in [1.165, 1.54) is 83.5 Å². The number of hydrogen-bond acceptors (Lipinski definition) is 3. The molecule has 0 fully saturated rings. The maximum absolute atomic E-state index is 5.76. The van der Waals surface area contributed by atoms with E-state index in [0.29, 0.717) is 0 Å². The van der Waals surface area contributed by atoms with Gasteiger partial charge in [0.2, 0.25) is 0 Å². The van der Waals surface area contributed by atoms with E-state index < -0.39 is 0 Å². The van der Waals surface area contributed by atoms with Crippen LogP contribution in [-0.4, -0.2) is 6.61 Å². The van der Waals surface area contributed by atoms with E-state index in [1.54, 1.807) is 0 Å². The minimum Gasteiger partial charge on any atom is -0.494 e. The van der Waals surface area contributed by atoms with E-state index in [4.69, 9.17) is 10.6 Å². The van der Waals surface area contributed by atoms with E-state index in [1.807, 2.05) is 24.3 Å². The SMILES string of the molecule is CCCCCCCCCCCCCCCCOc1cccc(NN)c1. The van der Waals surface area contributed by atoms with Gasteiger partial charge < -0.3 is 10.2 Å². The van der Waals surface area contributed by atoms with E-state index in [-0.39, 0.29) is 0 Å². The standard InChI is InChI=1S/C22H40N2O/c1-2-3-4-5-6-7-8-9-10-11-12-13-14-15-19-25-22-18-16-17-21(20-22)24-23/h16-18,20,24H,2-15,19,23H2,1H3. The van der Waals surface area contributed by atoms with Crippen molar-refractivity contribution in [1.29, 1.82) is 0 Å². The Hall–Kier alpha value is -1.22. The molecule has 0 heterocycles. The number of anilines is 1. The van der Waals surface area contributed by atoms with Gasteiger partial charge in [0, 0.05) is 6.07 Å². The zero-order valence-electron chi connectivity index (χ0n) is 16.4. The normalized spacial score (nSPS) is 10.8. The van der Waals surface area contributed by atoms with Crippen molar-refractivity contribution in [1.82, 2.24) is 0 Å². The fraction of sp³-hybridized carbons (Fsp3) is 0.727. The summed E-state index contributed by atoms with van der Waals surface area (Å²) in [4.78, 5) is 0. The number of hydrogen-bond donors (Lipinski definition) is 2. The van der Waals surface area contributed by atoms with Gasteiger partial charge in [0.1, 0.15) is 5.75 Å². The van der Waals surface area contributed by atoms with Crippen molar-refractivity contribution < 1.29 is 4.74 Å². The van der Waals surface area contributed by atoms with Gasteiger partial charge in [-0.2, -0.15) is 0 Å². The lowest BCUT2D eigenvalue weighted by atomic mass is 10.0. The number of ether oxygens (including phenoxy) is 1. The number of nitrogens with one attached hydrogen (secondary N) is 1. The van der Waals surface area contributed by atoms with Gasteiger partial charge in [-0.25, -0.2) is 0 Å². The smallest absolute Gasteiger partial charge is 0.121 e. The van der Waals surface area contributed by atoms with Crippen LogP contribution in [0, 0.1) is 0 Å². The quantitative estimate of drug-likeness (QED) is 0.184. The molecule has 0 aromatic heterocycles. The van der Waals surface area contributed by atoms with Crippen molar-refractivity contribution in [2.45, 2.75) is 96.8 Å². The molecule has 0 amide bonds. The third-order valence-corrected chi connectivity index (χ3v) is 4.77. The Labute approximate surface area is 155 Å². The highest BCUT2D eigenvalue weighted by Crippen LogP contribution is 2.17. The fourth-order valence-electron chi connectivity index (χ4n) is 3.16. The Bertz CT molecular complexity index is 409. The molecule has 0 aliphatic heterocycles. The molecule has 3 heteroatoms. The van der Waals surface area contributed by atoms with Crippen molar-refractivity contribution in [3.63, 3.8) is 0 Å². The lowest BCUT2D eigenvalue weighted by molar-refractivity contribution is 0.304. The van der Waals surface area contributed by atoms with Crippen molar-refractivity contribution in [3.05, 3.63) is 24.3 Å². The third-order valence-electron chi connectivity index (χ3n) is 4.77. The molecule has 0 aliphatic rings. The molecule has 0 aliphatic carbocycles. The van der Waals surface area contributed by atoms with Crippen LogP contribution in [0.15, 0.2) is 24.3 Å². The van der Waals surface area contributed by atoms with Gasteiger partial charge in [-0.15, -0.1) is 0 Å². The molecular weight excluding hydrogens is 308 g/mol. The first-order valence-electron chi connectivity index (χ1n) is 10.6. The van der Waals surface area contributed by atoms with Crippen LogP contribution in [0.1, 0.15) is 96.8 Å². The highest BCUT2D eigenvalue weighted by Gasteiger charge is 1.97. The zero-order chi connectivity index (χ0) is 18.0. The lowest BCUT2D eigenvalue weighted by Crippen LogP contribution is -2.06. The second kappa shape index (κ2) is 16.3. The molecule has 144 valence electrons. The second-order valence-electron chi connectivity index (χ2n) is 7.12. The molecule has 0 bridgehead atoms. The summed E-state index contributed by atoms with van der Waals surface area (Å²) in [7, 11) is 0. The highest BCUT2D eigenvalue weighted by atomic mass is 16.5. The van der Waals surface area contributed by atoms with Crippen molar-refractivity contribution in [2.75, 3.05) is 12.0 Å². The molecule has 3 nitrogen and oxygen atoms in total. The molecular formula is C22H40N2O. The Balaban J connectivity index is 1.80. The molecule has 25 heavy (non-hydrogen) atoms. The van der Waals surface area contributed by atoms with Gasteiger partial charge in [-0.05, 0) is 18.6 Å². The summed E-state index contributed by atoms with van der Waals surface area (Å²) in [5.41, 5.74) is 3.53. The van der Waals surface area contributed by atoms with E-state index in [9.17, 15) is 0 Å². The Kier molecular flexibility index (Phi) is 14.2. The molecule has 3 N–H and O–H groups in total. The minimum absolute atomic E-state index is 0.798. The molecule has 0 spiro atoms. The summed E-state index contributed by atoms with van der Waals surface area (Å²) >= 11 is 0. The Morgan fingerprint density at radius 1 is 0.760 bits per heavy atom. The van der Waals surface area contributed by atoms with Crippen LogP contribution < -0.4 is 16.0 Å². The Morgan fingerprint density at radius 3 is 1.80 bits per heavy atom. The van der Waals surface area contributed by atoms with Crippen molar-refractivity contribution >= 4 is 5.69 Å². The molecule has 0 saturated carbocycles. The van der Waals surface area contributed by atoms with Crippen molar-refractivity contribution in [3.8, 4) is 5.75 Å². The molecule has 0 atom stereocenters. The number of unbranched alkanes of at least 4 members (excludes halogenated alkanes) is 13. The molecule has 0 radical (unpaired) electrons. The predicted octanol–water partition coefficient (Wildman–Crippen LogP) is 6.83. The van der Waals surface area contributed by atoms with Gasteiger partial charge in [0.05, 0.1) is 12.3 Å². The number of hydrazine groups is 1. The van der Waals surface area contributed by atoms with E-state index in [2.05, 4.69) is 12.3 Å². The van der Waals surface area contributed by atoms with Gasteiger partial charge in [0.25, 0.3) is 0 Å². The zero-order valence-corrected chi connectivity index (χ0v) is 16.4. The van der Waals surface area contributed by atoms with Crippen LogP contribution >= 0.6 is 0 Å². The molecule has 1 aromatic carbocycles. The maximum Gasteiger partial charge on any atom is 0.121 e. The van der Waals surface area contributed by atoms with Crippen LogP contribution in [-0.2, 0) is 0 Å². The molecule has 1 rings (SSSR count). The topological polar surface area (TPSA) is 47.3 Å². The van der Waals surface area contributed by atoms with Gasteiger partial charge in [0.15, 0.2) is 0 Å². The molecule has 0 unspecified atom stereocenters. The minimum atomic E-state index is 0.798. The average Bonchev–Trinajstić information content (AvgIpc) is 2.65. The second-order valence-corrected chi connectivity index (χ2v) is 7.12. The number of nitrogens with two attached hydrogens (primary N) is 1. The highest BCUT2D eigenvalue weighted by molar-refractivity contribution is 5.46. The monoisotopic (exact) mass is 348 g/mol. The van der Waals surface area contributed by atoms with Crippen LogP contribution in [0.4, 0.5) is 5.69 Å². The predicted molar refractivity (Wildman–Crippen MR) is 110 cm³/mol. The molecule has 1 aromatic rings. The van der Waals surface area contributed by atoms with Crippen LogP contribution in [0.2, 0.25) is 0 Å². The van der Waals surface area contributed by atoms with Crippen LogP contribution in [0.25, 0.3) is 0 Å². The van der Waals surface area contributed by atoms with Crippen LogP contribution in [0.3, 0.4) is 0 Å². The summed E-state index contributed by atoms with van der Waals surface area (Å²) in [6.45, 7) is 3.08. The lowest BCUT2D eigenvalue weighted by Gasteiger charge is -2.08.